The second-order valence-electron chi connectivity index (χ2n) is 5.10. The van der Waals surface area contributed by atoms with E-state index in [1.165, 1.54) is 0 Å². The van der Waals surface area contributed by atoms with Gasteiger partial charge in [-0.1, -0.05) is 30.3 Å². The minimum atomic E-state index is -1.23. The van der Waals surface area contributed by atoms with Crippen molar-refractivity contribution >= 4 is 12.4 Å². The molecule has 1 aromatic carbocycles. The first kappa shape index (κ1) is 14.5. The van der Waals surface area contributed by atoms with Crippen molar-refractivity contribution in [3.05, 3.63) is 35.9 Å². The topological polar surface area (TPSA) is 41.5 Å². The largest absolute Gasteiger partial charge is 0.361 e. The van der Waals surface area contributed by atoms with Gasteiger partial charge >= 0.3 is 0 Å². The molecule has 1 aromatic rings. The van der Waals surface area contributed by atoms with Crippen LogP contribution in [0, 0.1) is 0 Å². The van der Waals surface area contributed by atoms with E-state index < -0.39 is 5.79 Å². The molecular weight excluding hydrogens is 238 g/mol. The molecule has 2 unspecified atom stereocenters. The van der Waals surface area contributed by atoms with Crippen molar-refractivity contribution in [2.45, 2.75) is 38.1 Å². The van der Waals surface area contributed by atoms with Gasteiger partial charge in [0.15, 0.2) is 0 Å². The Morgan fingerprint density at radius 1 is 1.29 bits per heavy atom. The number of morpholine rings is 1. The molecular formula is C13H20ClNO2. The molecule has 1 heterocycles. The molecule has 0 amide bonds. The summed E-state index contributed by atoms with van der Waals surface area (Å²) in [5, 5.41) is 13.9. The zero-order valence-electron chi connectivity index (χ0n) is 10.4. The zero-order chi connectivity index (χ0) is 11.8. The lowest BCUT2D eigenvalue weighted by atomic mass is 9.93. The van der Waals surface area contributed by atoms with Gasteiger partial charge in [0.25, 0.3) is 0 Å². The maximum absolute atomic E-state index is 10.6. The number of halogens is 1. The highest BCUT2D eigenvalue weighted by atomic mass is 35.5. The Morgan fingerprint density at radius 2 is 1.88 bits per heavy atom. The summed E-state index contributed by atoms with van der Waals surface area (Å²) in [5.41, 5.74) is 0.700. The molecule has 17 heavy (non-hydrogen) atoms. The van der Waals surface area contributed by atoms with Gasteiger partial charge in [-0.25, -0.2) is 0 Å². The summed E-state index contributed by atoms with van der Waals surface area (Å²) in [4.78, 5) is 0. The summed E-state index contributed by atoms with van der Waals surface area (Å²) in [5.74, 6) is -1.23. The first-order valence-electron chi connectivity index (χ1n) is 5.64. The molecule has 2 N–H and O–H groups in total. The van der Waals surface area contributed by atoms with E-state index in [2.05, 4.69) is 19.2 Å². The number of hydrogen-bond donors (Lipinski definition) is 2. The van der Waals surface area contributed by atoms with E-state index in [0.717, 1.165) is 5.56 Å². The zero-order valence-corrected chi connectivity index (χ0v) is 11.3. The van der Waals surface area contributed by atoms with E-state index in [1.807, 2.05) is 37.3 Å². The number of hydrogen-bond acceptors (Lipinski definition) is 3. The van der Waals surface area contributed by atoms with Gasteiger partial charge in [-0.2, -0.15) is 0 Å². The van der Waals surface area contributed by atoms with Crippen molar-refractivity contribution in [2.24, 2.45) is 0 Å². The van der Waals surface area contributed by atoms with E-state index >= 15 is 0 Å². The van der Waals surface area contributed by atoms with Crippen LogP contribution in [-0.4, -0.2) is 23.3 Å². The Kier molecular flexibility index (Phi) is 4.20. The number of ether oxygens (including phenoxy) is 1. The number of nitrogens with one attached hydrogen (secondary N) is 1. The van der Waals surface area contributed by atoms with Crippen molar-refractivity contribution in [1.82, 2.24) is 5.32 Å². The van der Waals surface area contributed by atoms with Crippen LogP contribution in [-0.2, 0) is 10.5 Å². The van der Waals surface area contributed by atoms with Crippen molar-refractivity contribution in [3.8, 4) is 0 Å². The molecule has 1 fully saturated rings. The Morgan fingerprint density at radius 3 is 2.41 bits per heavy atom. The van der Waals surface area contributed by atoms with Crippen LogP contribution in [0.2, 0.25) is 0 Å². The SMILES string of the molecule is CC1NC(C)(C)COC1(O)c1ccccc1.Cl. The predicted molar refractivity (Wildman–Crippen MR) is 70.2 cm³/mol. The Bertz CT molecular complexity index is 369. The van der Waals surface area contributed by atoms with E-state index in [1.54, 1.807) is 0 Å². The number of rotatable bonds is 1. The minimum absolute atomic E-state index is 0. The molecule has 3 nitrogen and oxygen atoms in total. The first-order chi connectivity index (χ1) is 7.44. The summed E-state index contributed by atoms with van der Waals surface area (Å²) in [6.45, 7) is 6.55. The molecule has 1 aliphatic heterocycles. The second kappa shape index (κ2) is 4.94. The molecule has 0 spiro atoms. The Balaban J connectivity index is 0.00000144. The van der Waals surface area contributed by atoms with Gasteiger partial charge < -0.3 is 15.2 Å². The Hall–Kier alpha value is -0.610. The van der Waals surface area contributed by atoms with Gasteiger partial charge in [0.2, 0.25) is 5.79 Å². The lowest BCUT2D eigenvalue weighted by Gasteiger charge is -2.46. The highest BCUT2D eigenvalue weighted by Crippen LogP contribution is 2.32. The van der Waals surface area contributed by atoms with Gasteiger partial charge in [0, 0.05) is 11.1 Å². The first-order valence-corrected chi connectivity index (χ1v) is 5.64. The third-order valence-electron chi connectivity index (χ3n) is 3.03. The van der Waals surface area contributed by atoms with Crippen molar-refractivity contribution < 1.29 is 9.84 Å². The predicted octanol–water partition coefficient (Wildman–Crippen LogP) is 2.04. The molecule has 96 valence electrons. The lowest BCUT2D eigenvalue weighted by molar-refractivity contribution is -0.263. The van der Waals surface area contributed by atoms with Gasteiger partial charge in [-0.05, 0) is 20.8 Å². The maximum atomic E-state index is 10.6. The van der Waals surface area contributed by atoms with Crippen LogP contribution in [0.1, 0.15) is 26.3 Å². The van der Waals surface area contributed by atoms with Crippen molar-refractivity contribution in [3.63, 3.8) is 0 Å². The standard InChI is InChI=1S/C13H19NO2.ClH/c1-10-13(15,11-7-5-4-6-8-11)16-9-12(2,3)14-10;/h4-8,10,14-15H,9H2,1-3H3;1H. The van der Waals surface area contributed by atoms with Crippen LogP contribution in [0.4, 0.5) is 0 Å². The minimum Gasteiger partial charge on any atom is -0.361 e. The second-order valence-corrected chi connectivity index (χ2v) is 5.10. The molecule has 0 aromatic heterocycles. The quantitative estimate of drug-likeness (QED) is 0.809. The average molecular weight is 258 g/mol. The van der Waals surface area contributed by atoms with E-state index in [4.69, 9.17) is 4.74 Å². The molecule has 2 rings (SSSR count). The summed E-state index contributed by atoms with van der Waals surface area (Å²) in [6.07, 6.45) is 0. The lowest BCUT2D eigenvalue weighted by Crippen LogP contribution is -2.63. The van der Waals surface area contributed by atoms with E-state index in [0.29, 0.717) is 6.61 Å². The van der Waals surface area contributed by atoms with E-state index in [-0.39, 0.29) is 24.0 Å². The molecule has 0 bridgehead atoms. The average Bonchev–Trinajstić information content (AvgIpc) is 2.25. The fraction of sp³-hybridized carbons (Fsp3) is 0.538. The third-order valence-corrected chi connectivity index (χ3v) is 3.03. The van der Waals surface area contributed by atoms with Gasteiger partial charge in [-0.15, -0.1) is 12.4 Å². The van der Waals surface area contributed by atoms with Crippen LogP contribution in [0.25, 0.3) is 0 Å². The normalized spacial score (nSPS) is 31.6. The highest BCUT2D eigenvalue weighted by Gasteiger charge is 2.44. The smallest absolute Gasteiger partial charge is 0.208 e. The van der Waals surface area contributed by atoms with E-state index in [9.17, 15) is 5.11 Å². The highest BCUT2D eigenvalue weighted by molar-refractivity contribution is 5.85. The third kappa shape index (κ3) is 2.80. The van der Waals surface area contributed by atoms with Crippen molar-refractivity contribution in [1.29, 1.82) is 0 Å². The molecule has 0 aliphatic carbocycles. The molecule has 0 radical (unpaired) electrons. The van der Waals surface area contributed by atoms with Gasteiger partial charge in [0.05, 0.1) is 12.6 Å². The van der Waals surface area contributed by atoms with Gasteiger partial charge in [-0.3, -0.25) is 0 Å². The molecule has 0 saturated carbocycles. The summed E-state index contributed by atoms with van der Waals surface area (Å²) in [7, 11) is 0. The van der Waals surface area contributed by atoms with Crippen LogP contribution >= 0.6 is 12.4 Å². The Labute approximate surface area is 109 Å². The summed E-state index contributed by atoms with van der Waals surface area (Å²) in [6, 6.07) is 9.37. The summed E-state index contributed by atoms with van der Waals surface area (Å²) < 4.78 is 5.67. The molecule has 1 saturated heterocycles. The van der Waals surface area contributed by atoms with Crippen LogP contribution < -0.4 is 5.32 Å². The number of benzene rings is 1. The van der Waals surface area contributed by atoms with Crippen LogP contribution in [0.15, 0.2) is 30.3 Å². The van der Waals surface area contributed by atoms with Crippen LogP contribution in [0.3, 0.4) is 0 Å². The maximum Gasteiger partial charge on any atom is 0.208 e. The fourth-order valence-electron chi connectivity index (χ4n) is 2.15. The molecule has 1 aliphatic rings. The molecule has 4 heteroatoms. The fourth-order valence-corrected chi connectivity index (χ4v) is 2.15. The number of aliphatic hydroxyl groups is 1. The van der Waals surface area contributed by atoms with Crippen molar-refractivity contribution in [2.75, 3.05) is 6.61 Å². The summed E-state index contributed by atoms with van der Waals surface area (Å²) >= 11 is 0. The van der Waals surface area contributed by atoms with Crippen LogP contribution in [0.5, 0.6) is 0 Å². The van der Waals surface area contributed by atoms with Gasteiger partial charge in [0.1, 0.15) is 0 Å². The monoisotopic (exact) mass is 257 g/mol. The molecule has 2 atom stereocenters.